The molecular formula is C20H20N6O. The first-order chi connectivity index (χ1) is 13.2. The Morgan fingerprint density at radius 3 is 2.74 bits per heavy atom. The minimum atomic E-state index is -0.214. The van der Waals surface area contributed by atoms with E-state index >= 15 is 0 Å². The van der Waals surface area contributed by atoms with Crippen molar-refractivity contribution in [2.24, 2.45) is 7.05 Å². The normalized spacial score (nSPS) is 10.9. The molecule has 27 heavy (non-hydrogen) atoms. The molecule has 0 radical (unpaired) electrons. The molecule has 0 aliphatic rings. The second kappa shape index (κ2) is 6.95. The maximum absolute atomic E-state index is 11.8. The number of hydrogen-bond acceptors (Lipinski definition) is 3. The first-order valence-electron chi connectivity index (χ1n) is 8.75. The number of anilines is 1. The third-order valence-electron chi connectivity index (χ3n) is 4.38. The molecule has 0 fully saturated rings. The van der Waals surface area contributed by atoms with Crippen molar-refractivity contribution in [1.82, 2.24) is 24.3 Å². The number of benzene rings is 1. The van der Waals surface area contributed by atoms with Gasteiger partial charge in [0.2, 0.25) is 0 Å². The Balaban J connectivity index is 1.68. The van der Waals surface area contributed by atoms with E-state index in [2.05, 4.69) is 20.6 Å². The van der Waals surface area contributed by atoms with Crippen LogP contribution in [0.5, 0.6) is 0 Å². The standard InChI is InChI=1S/C20H20N6O/c1-3-22-20(27)24-16-6-4-5-14(9-16)18-12-23-19-10-15(7-8-26(18)19)17-11-21-13-25(17)2/h4-13H,3H2,1-2H3,(H2,22,24,27). The molecule has 1 aromatic carbocycles. The zero-order valence-corrected chi connectivity index (χ0v) is 15.2. The van der Waals surface area contributed by atoms with Gasteiger partial charge in [-0.25, -0.2) is 14.8 Å². The van der Waals surface area contributed by atoms with Crippen LogP contribution in [0.15, 0.2) is 61.3 Å². The summed E-state index contributed by atoms with van der Waals surface area (Å²) in [5.41, 5.74) is 5.62. The Hall–Kier alpha value is -3.61. The fourth-order valence-corrected chi connectivity index (χ4v) is 3.08. The predicted octanol–water partition coefficient (Wildman–Crippen LogP) is 3.54. The topological polar surface area (TPSA) is 76.2 Å². The molecule has 7 heteroatoms. The van der Waals surface area contributed by atoms with Gasteiger partial charge in [-0.15, -0.1) is 0 Å². The molecule has 4 rings (SSSR count). The van der Waals surface area contributed by atoms with E-state index in [1.54, 1.807) is 6.33 Å². The van der Waals surface area contributed by atoms with Crippen LogP contribution in [-0.2, 0) is 7.05 Å². The average molecular weight is 360 g/mol. The zero-order valence-electron chi connectivity index (χ0n) is 15.2. The molecule has 0 saturated carbocycles. The number of aryl methyl sites for hydroxylation is 1. The molecule has 0 spiro atoms. The number of nitrogens with zero attached hydrogens (tertiary/aromatic N) is 4. The van der Waals surface area contributed by atoms with Gasteiger partial charge in [-0.1, -0.05) is 12.1 Å². The number of urea groups is 1. The van der Waals surface area contributed by atoms with E-state index in [-0.39, 0.29) is 6.03 Å². The van der Waals surface area contributed by atoms with Crippen LogP contribution < -0.4 is 10.6 Å². The monoisotopic (exact) mass is 360 g/mol. The molecule has 2 N–H and O–H groups in total. The summed E-state index contributed by atoms with van der Waals surface area (Å²) in [6.45, 7) is 2.46. The Morgan fingerprint density at radius 2 is 1.96 bits per heavy atom. The summed E-state index contributed by atoms with van der Waals surface area (Å²) < 4.78 is 4.01. The molecule has 4 aromatic rings. The van der Waals surface area contributed by atoms with Gasteiger partial charge in [0.25, 0.3) is 0 Å². The third kappa shape index (κ3) is 3.27. The lowest BCUT2D eigenvalue weighted by Crippen LogP contribution is -2.28. The fraction of sp³-hybridized carbons (Fsp3) is 0.150. The third-order valence-corrected chi connectivity index (χ3v) is 4.38. The van der Waals surface area contributed by atoms with Crippen LogP contribution in [0.25, 0.3) is 28.2 Å². The van der Waals surface area contributed by atoms with Crippen molar-refractivity contribution in [2.45, 2.75) is 6.92 Å². The Labute approximate surface area is 156 Å². The largest absolute Gasteiger partial charge is 0.338 e. The molecule has 136 valence electrons. The van der Waals surface area contributed by atoms with Crippen molar-refractivity contribution in [2.75, 3.05) is 11.9 Å². The molecule has 0 aliphatic carbocycles. The SMILES string of the molecule is CCNC(=O)Nc1cccc(-c2cnc3cc(-c4cncn4C)ccn23)c1. The van der Waals surface area contributed by atoms with Gasteiger partial charge in [-0.05, 0) is 31.2 Å². The Bertz CT molecular complexity index is 1110. The van der Waals surface area contributed by atoms with E-state index in [1.807, 2.05) is 77.9 Å². The van der Waals surface area contributed by atoms with E-state index in [1.165, 1.54) is 0 Å². The highest BCUT2D eigenvalue weighted by atomic mass is 16.2. The van der Waals surface area contributed by atoms with Crippen molar-refractivity contribution in [3.05, 3.63) is 61.3 Å². The number of carbonyl (C=O) groups excluding carboxylic acids is 1. The number of rotatable bonds is 4. The maximum Gasteiger partial charge on any atom is 0.319 e. The highest BCUT2D eigenvalue weighted by molar-refractivity contribution is 5.90. The van der Waals surface area contributed by atoms with Crippen LogP contribution in [0.4, 0.5) is 10.5 Å². The summed E-state index contributed by atoms with van der Waals surface area (Å²) >= 11 is 0. The van der Waals surface area contributed by atoms with E-state index in [0.29, 0.717) is 6.54 Å². The van der Waals surface area contributed by atoms with Gasteiger partial charge in [0.1, 0.15) is 5.65 Å². The number of amides is 2. The van der Waals surface area contributed by atoms with Gasteiger partial charge >= 0.3 is 6.03 Å². The van der Waals surface area contributed by atoms with E-state index < -0.39 is 0 Å². The minimum absolute atomic E-state index is 0.214. The van der Waals surface area contributed by atoms with Gasteiger partial charge in [0.05, 0.1) is 30.1 Å². The number of pyridine rings is 1. The molecule has 7 nitrogen and oxygen atoms in total. The van der Waals surface area contributed by atoms with E-state index in [4.69, 9.17) is 0 Å². The Kier molecular flexibility index (Phi) is 4.33. The van der Waals surface area contributed by atoms with Crippen molar-refractivity contribution >= 4 is 17.4 Å². The first-order valence-corrected chi connectivity index (χ1v) is 8.75. The molecule has 0 saturated heterocycles. The van der Waals surface area contributed by atoms with Gasteiger partial charge in [-0.3, -0.25) is 4.40 Å². The summed E-state index contributed by atoms with van der Waals surface area (Å²) in [6.07, 6.45) is 7.47. The molecule has 0 unspecified atom stereocenters. The fourth-order valence-electron chi connectivity index (χ4n) is 3.08. The van der Waals surface area contributed by atoms with Crippen molar-refractivity contribution in [3.63, 3.8) is 0 Å². The van der Waals surface area contributed by atoms with Crippen LogP contribution in [0, 0.1) is 0 Å². The lowest BCUT2D eigenvalue weighted by Gasteiger charge is -2.08. The van der Waals surface area contributed by atoms with Crippen molar-refractivity contribution < 1.29 is 4.79 Å². The minimum Gasteiger partial charge on any atom is -0.338 e. The first kappa shape index (κ1) is 16.8. The van der Waals surface area contributed by atoms with Gasteiger partial charge in [0.15, 0.2) is 0 Å². The van der Waals surface area contributed by atoms with E-state index in [0.717, 1.165) is 33.8 Å². The Morgan fingerprint density at radius 1 is 1.11 bits per heavy atom. The van der Waals surface area contributed by atoms with Gasteiger partial charge in [0, 0.05) is 36.6 Å². The summed E-state index contributed by atoms with van der Waals surface area (Å²) in [4.78, 5) is 20.5. The van der Waals surface area contributed by atoms with E-state index in [9.17, 15) is 4.79 Å². The highest BCUT2D eigenvalue weighted by Crippen LogP contribution is 2.26. The predicted molar refractivity (Wildman–Crippen MR) is 106 cm³/mol. The quantitative estimate of drug-likeness (QED) is 0.584. The van der Waals surface area contributed by atoms with Crippen LogP contribution in [0.2, 0.25) is 0 Å². The number of hydrogen-bond donors (Lipinski definition) is 2. The number of imidazole rings is 2. The molecule has 0 bridgehead atoms. The summed E-state index contributed by atoms with van der Waals surface area (Å²) in [7, 11) is 1.97. The number of nitrogens with one attached hydrogen (secondary N) is 2. The summed E-state index contributed by atoms with van der Waals surface area (Å²) in [6, 6.07) is 11.6. The lowest BCUT2D eigenvalue weighted by atomic mass is 10.1. The summed E-state index contributed by atoms with van der Waals surface area (Å²) in [5.74, 6) is 0. The molecule has 3 heterocycles. The van der Waals surface area contributed by atoms with Crippen molar-refractivity contribution in [1.29, 1.82) is 0 Å². The van der Waals surface area contributed by atoms with Crippen LogP contribution in [0.3, 0.4) is 0 Å². The second-order valence-corrected chi connectivity index (χ2v) is 6.24. The van der Waals surface area contributed by atoms with Crippen LogP contribution in [0.1, 0.15) is 6.92 Å². The molecule has 0 atom stereocenters. The number of carbonyl (C=O) groups is 1. The molecule has 2 amide bonds. The molecule has 3 aromatic heterocycles. The number of aromatic nitrogens is 4. The van der Waals surface area contributed by atoms with Crippen molar-refractivity contribution in [3.8, 4) is 22.5 Å². The second-order valence-electron chi connectivity index (χ2n) is 6.24. The molecular weight excluding hydrogens is 340 g/mol. The van der Waals surface area contributed by atoms with Gasteiger partial charge in [-0.2, -0.15) is 0 Å². The van der Waals surface area contributed by atoms with Gasteiger partial charge < -0.3 is 15.2 Å². The number of fused-ring (bicyclic) bond motifs is 1. The molecule has 0 aliphatic heterocycles. The lowest BCUT2D eigenvalue weighted by molar-refractivity contribution is 0.252. The zero-order chi connectivity index (χ0) is 18.8. The summed E-state index contributed by atoms with van der Waals surface area (Å²) in [5, 5.41) is 5.56. The van der Waals surface area contributed by atoms with Crippen LogP contribution >= 0.6 is 0 Å². The highest BCUT2D eigenvalue weighted by Gasteiger charge is 2.10. The van der Waals surface area contributed by atoms with Crippen LogP contribution in [-0.4, -0.2) is 31.5 Å². The maximum atomic E-state index is 11.8. The average Bonchev–Trinajstić information content (AvgIpc) is 3.27. The smallest absolute Gasteiger partial charge is 0.319 e.